The van der Waals surface area contributed by atoms with Gasteiger partial charge in [-0.15, -0.1) is 0 Å². The number of nitrogens with zero attached hydrogens (tertiary/aromatic N) is 2. The zero-order valence-electron chi connectivity index (χ0n) is 9.60. The highest BCUT2D eigenvalue weighted by atomic mass is 16.1. The van der Waals surface area contributed by atoms with Gasteiger partial charge in [-0.3, -0.25) is 4.79 Å². The summed E-state index contributed by atoms with van der Waals surface area (Å²) in [4.78, 5) is 19.9. The van der Waals surface area contributed by atoms with Crippen molar-refractivity contribution in [2.75, 3.05) is 0 Å². The predicted octanol–water partition coefficient (Wildman–Crippen LogP) is 0.233. The Labute approximate surface area is 100 Å². The van der Waals surface area contributed by atoms with E-state index in [1.165, 1.54) is 12.7 Å². The lowest BCUT2D eigenvalue weighted by Gasteiger charge is -2.19. The lowest BCUT2D eigenvalue weighted by molar-refractivity contribution is -0.125. The van der Waals surface area contributed by atoms with Crippen LogP contribution in [0.15, 0.2) is 18.6 Å². The van der Waals surface area contributed by atoms with Crippen molar-refractivity contribution in [3.05, 3.63) is 24.3 Å². The molecule has 3 atom stereocenters. The highest BCUT2D eigenvalue weighted by Gasteiger charge is 2.42. The van der Waals surface area contributed by atoms with Gasteiger partial charge in [-0.1, -0.05) is 0 Å². The van der Waals surface area contributed by atoms with Gasteiger partial charge < -0.3 is 10.6 Å². The van der Waals surface area contributed by atoms with E-state index in [4.69, 9.17) is 0 Å². The fraction of sp³-hybridized carbons (Fsp3) is 0.583. The number of fused-ring (bicyclic) bond motifs is 2. The average molecular weight is 232 g/mol. The van der Waals surface area contributed by atoms with Crippen LogP contribution in [0.2, 0.25) is 0 Å². The summed E-state index contributed by atoms with van der Waals surface area (Å²) in [7, 11) is 0. The number of rotatable bonds is 3. The van der Waals surface area contributed by atoms with Crippen molar-refractivity contribution < 1.29 is 4.79 Å². The number of aromatic nitrogens is 2. The molecular weight excluding hydrogens is 216 g/mol. The lowest BCUT2D eigenvalue weighted by Crippen LogP contribution is -2.37. The van der Waals surface area contributed by atoms with Crippen molar-refractivity contribution in [1.29, 1.82) is 0 Å². The zero-order chi connectivity index (χ0) is 11.7. The largest absolute Gasteiger partial charge is 0.350 e. The van der Waals surface area contributed by atoms with Crippen molar-refractivity contribution >= 4 is 5.91 Å². The maximum absolute atomic E-state index is 12.0. The summed E-state index contributed by atoms with van der Waals surface area (Å²) in [6.45, 7) is 0.495. The molecule has 0 aromatic carbocycles. The van der Waals surface area contributed by atoms with Crippen LogP contribution >= 0.6 is 0 Å². The van der Waals surface area contributed by atoms with E-state index in [1.54, 1.807) is 6.20 Å². The number of carbonyl (C=O) groups excluding carboxylic acids is 1. The summed E-state index contributed by atoms with van der Waals surface area (Å²) in [5.74, 6) is 0.305. The molecule has 3 heterocycles. The van der Waals surface area contributed by atoms with Crippen LogP contribution in [0, 0.1) is 5.92 Å². The van der Waals surface area contributed by atoms with Crippen molar-refractivity contribution in [3.63, 3.8) is 0 Å². The predicted molar refractivity (Wildman–Crippen MR) is 61.9 cm³/mol. The Morgan fingerprint density at radius 3 is 3.12 bits per heavy atom. The Morgan fingerprint density at radius 2 is 2.47 bits per heavy atom. The third-order valence-corrected chi connectivity index (χ3v) is 3.72. The van der Waals surface area contributed by atoms with Gasteiger partial charge in [0.05, 0.1) is 18.2 Å². The molecule has 90 valence electrons. The molecule has 1 amide bonds. The molecule has 3 unspecified atom stereocenters. The van der Waals surface area contributed by atoms with E-state index in [1.807, 2.05) is 6.07 Å². The molecule has 17 heavy (non-hydrogen) atoms. The number of carbonyl (C=O) groups is 1. The standard InChI is InChI=1S/C12H16N4O/c17-12(10-5-8-1-2-11(10)16-8)14-6-9-3-4-13-7-15-9/h3-4,7-8,10-11,16H,1-2,5-6H2,(H,14,17). The van der Waals surface area contributed by atoms with E-state index in [-0.39, 0.29) is 11.8 Å². The Morgan fingerprint density at radius 1 is 1.53 bits per heavy atom. The van der Waals surface area contributed by atoms with Crippen LogP contribution in [0.1, 0.15) is 25.0 Å². The molecule has 0 spiro atoms. The van der Waals surface area contributed by atoms with Gasteiger partial charge in [0.15, 0.2) is 0 Å². The number of hydrogen-bond acceptors (Lipinski definition) is 4. The molecule has 1 aromatic heterocycles. The molecule has 0 aliphatic carbocycles. The van der Waals surface area contributed by atoms with Crippen molar-refractivity contribution in [3.8, 4) is 0 Å². The molecule has 3 rings (SSSR count). The Hall–Kier alpha value is -1.49. The molecule has 0 saturated carbocycles. The molecule has 2 aliphatic rings. The SMILES string of the molecule is O=C(NCc1ccncn1)C1CC2CCC1N2. The lowest BCUT2D eigenvalue weighted by atomic mass is 9.88. The average Bonchev–Trinajstić information content (AvgIpc) is 2.99. The minimum Gasteiger partial charge on any atom is -0.350 e. The normalized spacial score (nSPS) is 30.5. The summed E-state index contributed by atoms with van der Waals surface area (Å²) in [5.41, 5.74) is 0.851. The molecule has 2 aliphatic heterocycles. The second kappa shape index (κ2) is 4.41. The third kappa shape index (κ3) is 2.15. The molecule has 0 radical (unpaired) electrons. The summed E-state index contributed by atoms with van der Waals surface area (Å²) in [6, 6.07) is 2.78. The first-order valence-corrected chi connectivity index (χ1v) is 6.11. The maximum Gasteiger partial charge on any atom is 0.225 e. The number of hydrogen-bond donors (Lipinski definition) is 2. The van der Waals surface area contributed by atoms with Gasteiger partial charge in [-0.2, -0.15) is 0 Å². The minimum absolute atomic E-state index is 0.149. The highest BCUT2D eigenvalue weighted by Crippen LogP contribution is 2.33. The molecule has 5 nitrogen and oxygen atoms in total. The fourth-order valence-corrected chi connectivity index (χ4v) is 2.85. The summed E-state index contributed by atoms with van der Waals surface area (Å²) in [5, 5.41) is 6.43. The molecular formula is C12H16N4O. The second-order valence-electron chi connectivity index (χ2n) is 4.81. The topological polar surface area (TPSA) is 66.9 Å². The van der Waals surface area contributed by atoms with Crippen LogP contribution in [0.3, 0.4) is 0 Å². The number of nitrogens with one attached hydrogen (secondary N) is 2. The van der Waals surface area contributed by atoms with E-state index in [0.717, 1.165) is 18.5 Å². The summed E-state index contributed by atoms with van der Waals surface area (Å²) < 4.78 is 0. The molecule has 2 N–H and O–H groups in total. The van der Waals surface area contributed by atoms with E-state index in [0.29, 0.717) is 18.6 Å². The highest BCUT2D eigenvalue weighted by molar-refractivity contribution is 5.80. The third-order valence-electron chi connectivity index (χ3n) is 3.72. The van der Waals surface area contributed by atoms with Gasteiger partial charge in [0.25, 0.3) is 0 Å². The van der Waals surface area contributed by atoms with Crippen molar-refractivity contribution in [2.24, 2.45) is 5.92 Å². The van der Waals surface area contributed by atoms with Gasteiger partial charge >= 0.3 is 0 Å². The first-order chi connectivity index (χ1) is 8.33. The van der Waals surface area contributed by atoms with Crippen molar-refractivity contribution in [2.45, 2.75) is 37.9 Å². The van der Waals surface area contributed by atoms with Gasteiger partial charge in [0.1, 0.15) is 6.33 Å². The Kier molecular flexibility index (Phi) is 2.76. The van der Waals surface area contributed by atoms with Gasteiger partial charge in [-0.05, 0) is 25.3 Å². The maximum atomic E-state index is 12.0. The van der Waals surface area contributed by atoms with Crippen LogP contribution in [-0.4, -0.2) is 28.0 Å². The molecule has 1 aromatic rings. The zero-order valence-corrected chi connectivity index (χ0v) is 9.60. The van der Waals surface area contributed by atoms with E-state index in [9.17, 15) is 4.79 Å². The van der Waals surface area contributed by atoms with Crippen molar-refractivity contribution in [1.82, 2.24) is 20.6 Å². The van der Waals surface area contributed by atoms with Crippen LogP contribution < -0.4 is 10.6 Å². The van der Waals surface area contributed by atoms with Crippen LogP contribution in [0.4, 0.5) is 0 Å². The number of amides is 1. The summed E-state index contributed by atoms with van der Waals surface area (Å²) in [6.07, 6.45) is 6.53. The quantitative estimate of drug-likeness (QED) is 0.783. The van der Waals surface area contributed by atoms with E-state index >= 15 is 0 Å². The monoisotopic (exact) mass is 232 g/mol. The van der Waals surface area contributed by atoms with Crippen LogP contribution in [0.25, 0.3) is 0 Å². The van der Waals surface area contributed by atoms with E-state index < -0.39 is 0 Å². The van der Waals surface area contributed by atoms with Gasteiger partial charge in [0, 0.05) is 18.3 Å². The smallest absolute Gasteiger partial charge is 0.225 e. The summed E-state index contributed by atoms with van der Waals surface area (Å²) >= 11 is 0. The molecule has 2 bridgehead atoms. The Balaban J connectivity index is 1.54. The molecule has 5 heteroatoms. The fourth-order valence-electron chi connectivity index (χ4n) is 2.85. The van der Waals surface area contributed by atoms with Crippen LogP contribution in [0.5, 0.6) is 0 Å². The van der Waals surface area contributed by atoms with Gasteiger partial charge in [0.2, 0.25) is 5.91 Å². The van der Waals surface area contributed by atoms with Crippen LogP contribution in [-0.2, 0) is 11.3 Å². The minimum atomic E-state index is 0.149. The first kappa shape index (κ1) is 10.7. The molecule has 2 saturated heterocycles. The first-order valence-electron chi connectivity index (χ1n) is 6.11. The van der Waals surface area contributed by atoms with E-state index in [2.05, 4.69) is 20.6 Å². The second-order valence-corrected chi connectivity index (χ2v) is 4.81. The molecule has 2 fully saturated rings. The van der Waals surface area contributed by atoms with Gasteiger partial charge in [-0.25, -0.2) is 9.97 Å². The Bertz CT molecular complexity index is 408.